The number of thioether (sulfide) groups is 1. The number of guanidine groups is 1. The van der Waals surface area contributed by atoms with Gasteiger partial charge >= 0.3 is 0 Å². The van der Waals surface area contributed by atoms with Crippen LogP contribution < -0.4 is 5.32 Å². The van der Waals surface area contributed by atoms with Gasteiger partial charge in [-0.1, -0.05) is 13.8 Å². The first-order chi connectivity index (χ1) is 8.17. The Morgan fingerprint density at radius 2 is 2.22 bits per heavy atom. The number of likely N-dealkylation sites (tertiary alicyclic amines) is 1. The van der Waals surface area contributed by atoms with Gasteiger partial charge in [-0.15, -0.1) is 24.0 Å². The summed E-state index contributed by atoms with van der Waals surface area (Å²) >= 11 is 1.87. The molecular formula is C13H28IN3S. The lowest BCUT2D eigenvalue weighted by atomic mass is 9.97. The third-order valence-corrected chi connectivity index (χ3v) is 3.80. The molecule has 1 unspecified atom stereocenters. The molecule has 1 heterocycles. The summed E-state index contributed by atoms with van der Waals surface area (Å²) in [5.41, 5.74) is 0. The van der Waals surface area contributed by atoms with E-state index in [-0.39, 0.29) is 24.0 Å². The summed E-state index contributed by atoms with van der Waals surface area (Å²) in [6, 6.07) is 0. The molecule has 0 bridgehead atoms. The smallest absolute Gasteiger partial charge is 0.193 e. The maximum absolute atomic E-state index is 4.38. The average molecular weight is 385 g/mol. The maximum Gasteiger partial charge on any atom is 0.193 e. The van der Waals surface area contributed by atoms with E-state index in [9.17, 15) is 0 Å². The Labute approximate surface area is 134 Å². The van der Waals surface area contributed by atoms with E-state index < -0.39 is 0 Å². The highest BCUT2D eigenvalue weighted by atomic mass is 127. The summed E-state index contributed by atoms with van der Waals surface area (Å²) in [5.74, 6) is 3.90. The molecular weight excluding hydrogens is 357 g/mol. The highest BCUT2D eigenvalue weighted by molar-refractivity contribution is 14.0. The molecule has 1 aliphatic rings. The molecule has 0 aromatic heterocycles. The molecule has 0 aliphatic carbocycles. The quantitative estimate of drug-likeness (QED) is 0.341. The summed E-state index contributed by atoms with van der Waals surface area (Å²) < 4.78 is 0. The average Bonchev–Trinajstić information content (AvgIpc) is 2.72. The second-order valence-electron chi connectivity index (χ2n) is 5.20. The standard InChI is InChI=1S/C13H27N3S.HI/c1-11(2)9-12-5-7-16(10-12)13(14-3)15-6-8-17-4;/h11-12H,5-10H2,1-4H3,(H,14,15);1H. The molecule has 1 aliphatic heterocycles. The third kappa shape index (κ3) is 6.50. The van der Waals surface area contributed by atoms with Crippen LogP contribution >= 0.6 is 35.7 Å². The first-order valence-electron chi connectivity index (χ1n) is 6.62. The van der Waals surface area contributed by atoms with Crippen LogP contribution in [0.4, 0.5) is 0 Å². The summed E-state index contributed by atoms with van der Waals surface area (Å²) in [7, 11) is 1.89. The van der Waals surface area contributed by atoms with Gasteiger partial charge in [-0.2, -0.15) is 11.8 Å². The van der Waals surface area contributed by atoms with Gasteiger partial charge in [-0.3, -0.25) is 4.99 Å². The molecule has 0 saturated carbocycles. The molecule has 0 amide bonds. The second kappa shape index (κ2) is 10.2. The van der Waals surface area contributed by atoms with Crippen molar-refractivity contribution in [1.82, 2.24) is 10.2 Å². The lowest BCUT2D eigenvalue weighted by molar-refractivity contribution is 0.404. The van der Waals surface area contributed by atoms with Crippen LogP contribution in [0.2, 0.25) is 0 Å². The fourth-order valence-electron chi connectivity index (χ4n) is 2.48. The van der Waals surface area contributed by atoms with E-state index in [0.717, 1.165) is 36.6 Å². The van der Waals surface area contributed by atoms with Crippen molar-refractivity contribution in [3.05, 3.63) is 0 Å². The van der Waals surface area contributed by atoms with Gasteiger partial charge in [-0.25, -0.2) is 0 Å². The van der Waals surface area contributed by atoms with Gasteiger partial charge in [0.15, 0.2) is 5.96 Å². The van der Waals surface area contributed by atoms with Gasteiger partial charge in [0.25, 0.3) is 0 Å². The van der Waals surface area contributed by atoms with Crippen molar-refractivity contribution in [2.24, 2.45) is 16.8 Å². The number of hydrogen-bond acceptors (Lipinski definition) is 2. The van der Waals surface area contributed by atoms with Crippen LogP contribution in [0, 0.1) is 11.8 Å². The Bertz CT molecular complexity index is 246. The Morgan fingerprint density at radius 1 is 1.50 bits per heavy atom. The van der Waals surface area contributed by atoms with Crippen molar-refractivity contribution in [3.8, 4) is 0 Å². The van der Waals surface area contributed by atoms with E-state index in [1.165, 1.54) is 19.4 Å². The van der Waals surface area contributed by atoms with Gasteiger partial charge in [0, 0.05) is 32.4 Å². The molecule has 0 radical (unpaired) electrons. The Kier molecular flexibility index (Phi) is 10.4. The molecule has 3 nitrogen and oxygen atoms in total. The van der Waals surface area contributed by atoms with Crippen LogP contribution in [-0.2, 0) is 0 Å². The minimum atomic E-state index is 0. The molecule has 1 N–H and O–H groups in total. The van der Waals surface area contributed by atoms with Crippen molar-refractivity contribution in [2.75, 3.05) is 38.7 Å². The van der Waals surface area contributed by atoms with Crippen LogP contribution in [0.5, 0.6) is 0 Å². The number of nitrogens with zero attached hydrogens (tertiary/aromatic N) is 2. The lowest BCUT2D eigenvalue weighted by Crippen LogP contribution is -2.41. The number of halogens is 1. The highest BCUT2D eigenvalue weighted by Gasteiger charge is 2.24. The van der Waals surface area contributed by atoms with Gasteiger partial charge < -0.3 is 10.2 Å². The maximum atomic E-state index is 4.38. The molecule has 0 aromatic carbocycles. The predicted molar refractivity (Wildman–Crippen MR) is 94.3 cm³/mol. The van der Waals surface area contributed by atoms with Crippen molar-refractivity contribution >= 4 is 41.7 Å². The van der Waals surface area contributed by atoms with Gasteiger partial charge in [0.2, 0.25) is 0 Å². The summed E-state index contributed by atoms with van der Waals surface area (Å²) in [4.78, 5) is 6.79. The predicted octanol–water partition coefficient (Wildman–Crippen LogP) is 2.91. The van der Waals surface area contributed by atoms with E-state index in [1.807, 2.05) is 18.8 Å². The van der Waals surface area contributed by atoms with E-state index >= 15 is 0 Å². The van der Waals surface area contributed by atoms with Crippen LogP contribution in [-0.4, -0.2) is 49.6 Å². The van der Waals surface area contributed by atoms with E-state index in [4.69, 9.17) is 0 Å². The fourth-order valence-corrected chi connectivity index (χ4v) is 2.79. The lowest BCUT2D eigenvalue weighted by Gasteiger charge is -2.22. The molecule has 0 aromatic rings. The monoisotopic (exact) mass is 385 g/mol. The van der Waals surface area contributed by atoms with Crippen LogP contribution in [0.1, 0.15) is 26.7 Å². The van der Waals surface area contributed by atoms with Crippen molar-refractivity contribution in [1.29, 1.82) is 0 Å². The van der Waals surface area contributed by atoms with Gasteiger partial charge in [-0.05, 0) is 30.9 Å². The molecule has 1 fully saturated rings. The summed E-state index contributed by atoms with van der Waals surface area (Å²) in [6.45, 7) is 7.98. The molecule has 18 heavy (non-hydrogen) atoms. The molecule has 1 rings (SSSR count). The summed E-state index contributed by atoms with van der Waals surface area (Å²) in [5, 5.41) is 3.44. The van der Waals surface area contributed by atoms with Crippen molar-refractivity contribution < 1.29 is 0 Å². The van der Waals surface area contributed by atoms with Gasteiger partial charge in [0.1, 0.15) is 0 Å². The van der Waals surface area contributed by atoms with Crippen LogP contribution in [0.15, 0.2) is 4.99 Å². The third-order valence-electron chi connectivity index (χ3n) is 3.19. The zero-order valence-electron chi connectivity index (χ0n) is 12.1. The normalized spacial score (nSPS) is 20.2. The summed E-state index contributed by atoms with van der Waals surface area (Å²) in [6.07, 6.45) is 4.80. The van der Waals surface area contributed by atoms with E-state index in [0.29, 0.717) is 0 Å². The molecule has 1 saturated heterocycles. The van der Waals surface area contributed by atoms with Crippen LogP contribution in [0.25, 0.3) is 0 Å². The van der Waals surface area contributed by atoms with E-state index in [2.05, 4.69) is 35.3 Å². The zero-order chi connectivity index (χ0) is 12.7. The minimum absolute atomic E-state index is 0. The number of nitrogens with one attached hydrogen (secondary N) is 1. The number of aliphatic imine (C=N–C) groups is 1. The molecule has 1 atom stereocenters. The van der Waals surface area contributed by atoms with Crippen molar-refractivity contribution in [3.63, 3.8) is 0 Å². The highest BCUT2D eigenvalue weighted by Crippen LogP contribution is 2.23. The Balaban J connectivity index is 0.00000289. The van der Waals surface area contributed by atoms with E-state index in [1.54, 1.807) is 0 Å². The zero-order valence-corrected chi connectivity index (χ0v) is 15.3. The topological polar surface area (TPSA) is 27.6 Å². The number of hydrogen-bond donors (Lipinski definition) is 1. The minimum Gasteiger partial charge on any atom is -0.355 e. The van der Waals surface area contributed by atoms with Gasteiger partial charge in [0.05, 0.1) is 0 Å². The largest absolute Gasteiger partial charge is 0.355 e. The second-order valence-corrected chi connectivity index (χ2v) is 6.18. The molecule has 5 heteroatoms. The van der Waals surface area contributed by atoms with Crippen LogP contribution in [0.3, 0.4) is 0 Å². The SMILES string of the molecule is CN=C(NCCSC)N1CCC(CC(C)C)C1.I. The molecule has 108 valence electrons. The fraction of sp³-hybridized carbons (Fsp3) is 0.923. The first-order valence-corrected chi connectivity index (χ1v) is 8.01. The molecule has 0 spiro atoms. The van der Waals surface area contributed by atoms with Crippen molar-refractivity contribution in [2.45, 2.75) is 26.7 Å². The Hall–Kier alpha value is 0.350. The Morgan fingerprint density at radius 3 is 2.78 bits per heavy atom. The number of rotatable bonds is 5. The first kappa shape index (κ1) is 18.4.